The summed E-state index contributed by atoms with van der Waals surface area (Å²) >= 11 is 0. The number of hydrogen-bond donors (Lipinski definition) is 1. The van der Waals surface area contributed by atoms with Gasteiger partial charge in [-0.1, -0.05) is 12.1 Å². The van der Waals surface area contributed by atoms with Crippen molar-refractivity contribution in [2.24, 2.45) is 0 Å². The first-order valence-corrected chi connectivity index (χ1v) is 7.59. The number of morpholine rings is 1. The molecule has 0 aliphatic carbocycles. The predicted molar refractivity (Wildman–Crippen MR) is 86.2 cm³/mol. The van der Waals surface area contributed by atoms with E-state index in [9.17, 15) is 9.90 Å². The summed E-state index contributed by atoms with van der Waals surface area (Å²) in [5, 5.41) is 13.2. The summed E-state index contributed by atoms with van der Waals surface area (Å²) in [5.41, 5.74) is 2.54. The number of hydrogen-bond acceptors (Lipinski definition) is 6. The molecule has 1 aliphatic heterocycles. The Morgan fingerprint density at radius 2 is 1.92 bits per heavy atom. The summed E-state index contributed by atoms with van der Waals surface area (Å²) in [6, 6.07) is 9.40. The molecule has 0 spiro atoms. The fraction of sp³-hybridized carbons (Fsp3) is 0.250. The van der Waals surface area contributed by atoms with Crippen molar-refractivity contribution in [2.75, 3.05) is 31.2 Å². The van der Waals surface area contributed by atoms with E-state index in [0.29, 0.717) is 5.69 Å². The number of benzene rings is 1. The largest absolute Gasteiger partial charge is 0.477 e. The fourth-order valence-electron chi connectivity index (χ4n) is 2.78. The van der Waals surface area contributed by atoms with Crippen LogP contribution in [0.25, 0.3) is 17.0 Å². The topological polar surface area (TPSA) is 92.8 Å². The molecule has 1 aliphatic rings. The van der Waals surface area contributed by atoms with E-state index >= 15 is 0 Å². The van der Waals surface area contributed by atoms with Gasteiger partial charge in [0.25, 0.3) is 5.78 Å². The van der Waals surface area contributed by atoms with Crippen LogP contribution in [0.4, 0.5) is 5.69 Å². The van der Waals surface area contributed by atoms with Crippen LogP contribution < -0.4 is 4.90 Å². The molecular formula is C16H15N5O3. The van der Waals surface area contributed by atoms with Crippen LogP contribution in [-0.4, -0.2) is 57.0 Å². The van der Waals surface area contributed by atoms with Gasteiger partial charge < -0.3 is 14.7 Å². The van der Waals surface area contributed by atoms with E-state index < -0.39 is 5.97 Å². The Labute approximate surface area is 137 Å². The van der Waals surface area contributed by atoms with Gasteiger partial charge in [-0.2, -0.15) is 14.6 Å². The van der Waals surface area contributed by atoms with E-state index in [1.807, 2.05) is 24.3 Å². The summed E-state index contributed by atoms with van der Waals surface area (Å²) in [4.78, 5) is 22.1. The van der Waals surface area contributed by atoms with E-state index in [1.165, 1.54) is 16.9 Å². The third kappa shape index (κ3) is 2.56. The Morgan fingerprint density at radius 3 is 2.62 bits per heavy atom. The van der Waals surface area contributed by atoms with Crippen LogP contribution in [0.1, 0.15) is 10.5 Å². The van der Waals surface area contributed by atoms with Crippen molar-refractivity contribution >= 4 is 17.4 Å². The molecule has 3 aromatic rings. The van der Waals surface area contributed by atoms with Crippen molar-refractivity contribution in [3.63, 3.8) is 0 Å². The highest BCUT2D eigenvalue weighted by molar-refractivity contribution is 5.87. The summed E-state index contributed by atoms with van der Waals surface area (Å²) < 4.78 is 6.58. The monoisotopic (exact) mass is 325 g/mol. The zero-order valence-corrected chi connectivity index (χ0v) is 12.8. The van der Waals surface area contributed by atoms with Gasteiger partial charge in [-0.25, -0.2) is 9.78 Å². The Bertz CT molecular complexity index is 884. The average molecular weight is 325 g/mol. The second-order valence-corrected chi connectivity index (χ2v) is 5.45. The van der Waals surface area contributed by atoms with Crippen LogP contribution in [0.3, 0.4) is 0 Å². The molecule has 0 amide bonds. The van der Waals surface area contributed by atoms with Crippen molar-refractivity contribution in [3.05, 3.63) is 42.4 Å². The van der Waals surface area contributed by atoms with Crippen LogP contribution in [-0.2, 0) is 4.74 Å². The summed E-state index contributed by atoms with van der Waals surface area (Å²) in [5.74, 6) is -0.804. The van der Waals surface area contributed by atoms with E-state index in [2.05, 4.69) is 20.0 Å². The van der Waals surface area contributed by atoms with Crippen LogP contribution in [0.5, 0.6) is 0 Å². The molecule has 0 atom stereocenters. The van der Waals surface area contributed by atoms with Crippen molar-refractivity contribution in [3.8, 4) is 11.3 Å². The van der Waals surface area contributed by atoms with Crippen LogP contribution in [0, 0.1) is 0 Å². The molecule has 0 radical (unpaired) electrons. The minimum absolute atomic E-state index is 0.0322. The van der Waals surface area contributed by atoms with Gasteiger partial charge in [0.05, 0.1) is 18.9 Å². The lowest BCUT2D eigenvalue weighted by Crippen LogP contribution is -2.36. The first-order valence-electron chi connectivity index (χ1n) is 7.59. The molecule has 0 unspecified atom stereocenters. The highest BCUT2D eigenvalue weighted by Crippen LogP contribution is 2.23. The molecule has 122 valence electrons. The van der Waals surface area contributed by atoms with E-state index in [4.69, 9.17) is 4.74 Å². The van der Waals surface area contributed by atoms with Crippen molar-refractivity contribution in [1.29, 1.82) is 0 Å². The highest BCUT2D eigenvalue weighted by atomic mass is 16.5. The number of ether oxygens (including phenoxy) is 1. The average Bonchev–Trinajstić information content (AvgIpc) is 3.10. The summed E-state index contributed by atoms with van der Waals surface area (Å²) in [6.07, 6.45) is 1.29. The molecule has 0 bridgehead atoms. The molecule has 0 saturated carbocycles. The van der Waals surface area contributed by atoms with Crippen LogP contribution in [0.15, 0.2) is 36.7 Å². The number of carboxylic acid groups (broad SMARTS) is 1. The SMILES string of the molecule is O=C(O)c1cc(-c2ccc(N3CCOCC3)cc2)nc2ncnn12. The summed E-state index contributed by atoms with van der Waals surface area (Å²) in [6.45, 7) is 3.20. The van der Waals surface area contributed by atoms with Gasteiger partial charge in [-0.05, 0) is 18.2 Å². The normalized spacial score (nSPS) is 14.9. The second kappa shape index (κ2) is 5.89. The van der Waals surface area contributed by atoms with Crippen LogP contribution in [0.2, 0.25) is 0 Å². The number of nitrogens with zero attached hydrogens (tertiary/aromatic N) is 5. The number of aromatic carboxylic acids is 1. The number of aromatic nitrogens is 4. The predicted octanol–water partition coefficient (Wildman–Crippen LogP) is 1.33. The van der Waals surface area contributed by atoms with E-state index in [0.717, 1.165) is 37.6 Å². The van der Waals surface area contributed by atoms with Gasteiger partial charge in [-0.3, -0.25) is 0 Å². The van der Waals surface area contributed by atoms with Crippen molar-refractivity contribution < 1.29 is 14.6 Å². The maximum absolute atomic E-state index is 11.4. The Balaban J connectivity index is 1.70. The second-order valence-electron chi connectivity index (χ2n) is 5.45. The number of rotatable bonds is 3. The lowest BCUT2D eigenvalue weighted by atomic mass is 10.1. The van der Waals surface area contributed by atoms with E-state index in [1.54, 1.807) is 0 Å². The van der Waals surface area contributed by atoms with Crippen molar-refractivity contribution in [1.82, 2.24) is 19.6 Å². The molecular weight excluding hydrogens is 310 g/mol. The standard InChI is InChI=1S/C16H15N5O3/c22-15(23)14-9-13(19-16-17-10-18-21(14)16)11-1-3-12(4-2-11)20-5-7-24-8-6-20/h1-4,9-10H,5-8H2,(H,22,23). The number of carbonyl (C=O) groups is 1. The van der Waals surface area contributed by atoms with Gasteiger partial charge in [-0.15, -0.1) is 0 Å². The third-order valence-corrected chi connectivity index (χ3v) is 4.01. The van der Waals surface area contributed by atoms with Gasteiger partial charge in [0.2, 0.25) is 0 Å². The third-order valence-electron chi connectivity index (χ3n) is 4.01. The number of anilines is 1. The lowest BCUT2D eigenvalue weighted by Gasteiger charge is -2.28. The minimum atomic E-state index is -1.07. The van der Waals surface area contributed by atoms with Crippen LogP contribution >= 0.6 is 0 Å². The van der Waals surface area contributed by atoms with Gasteiger partial charge in [0.15, 0.2) is 5.69 Å². The smallest absolute Gasteiger partial charge is 0.354 e. The first-order chi connectivity index (χ1) is 11.7. The Hall–Kier alpha value is -3.00. The maximum Gasteiger partial charge on any atom is 0.354 e. The number of carboxylic acids is 1. The molecule has 1 saturated heterocycles. The van der Waals surface area contributed by atoms with Crippen molar-refractivity contribution in [2.45, 2.75) is 0 Å². The molecule has 24 heavy (non-hydrogen) atoms. The maximum atomic E-state index is 11.4. The molecule has 1 aromatic carbocycles. The highest BCUT2D eigenvalue weighted by Gasteiger charge is 2.15. The molecule has 8 heteroatoms. The van der Waals surface area contributed by atoms with Gasteiger partial charge in [0.1, 0.15) is 6.33 Å². The Morgan fingerprint density at radius 1 is 1.17 bits per heavy atom. The molecule has 8 nitrogen and oxygen atoms in total. The molecule has 1 fully saturated rings. The first kappa shape index (κ1) is 14.6. The zero-order chi connectivity index (χ0) is 16.5. The van der Waals surface area contributed by atoms with Gasteiger partial charge in [0, 0.05) is 24.3 Å². The molecule has 3 heterocycles. The Kier molecular flexibility index (Phi) is 3.58. The zero-order valence-electron chi connectivity index (χ0n) is 12.8. The summed E-state index contributed by atoms with van der Waals surface area (Å²) in [7, 11) is 0. The fourth-order valence-corrected chi connectivity index (χ4v) is 2.78. The molecule has 1 N–H and O–H groups in total. The quantitative estimate of drug-likeness (QED) is 0.776. The lowest BCUT2D eigenvalue weighted by molar-refractivity contribution is 0.0687. The van der Waals surface area contributed by atoms with Gasteiger partial charge >= 0.3 is 5.97 Å². The molecule has 4 rings (SSSR count). The van der Waals surface area contributed by atoms with E-state index in [-0.39, 0.29) is 11.5 Å². The number of fused-ring (bicyclic) bond motifs is 1. The molecule has 2 aromatic heterocycles. The minimum Gasteiger partial charge on any atom is -0.477 e.